The van der Waals surface area contributed by atoms with E-state index in [9.17, 15) is 18.3 Å². The average molecular weight is 294 g/mol. The zero-order valence-electron chi connectivity index (χ0n) is 10.6. The molecule has 106 valence electrons. The minimum absolute atomic E-state index is 0.0343. The van der Waals surface area contributed by atoms with Crippen LogP contribution in [0, 0.1) is 5.41 Å². The highest BCUT2D eigenvalue weighted by molar-refractivity contribution is 6.33. The van der Waals surface area contributed by atoms with Gasteiger partial charge in [0, 0.05) is 11.5 Å². The van der Waals surface area contributed by atoms with Gasteiger partial charge >= 0.3 is 6.18 Å². The Bertz CT molecular complexity index is 487. The van der Waals surface area contributed by atoms with Crippen molar-refractivity contribution in [3.63, 3.8) is 0 Å². The molecule has 19 heavy (non-hydrogen) atoms. The van der Waals surface area contributed by atoms with E-state index >= 15 is 0 Å². The highest BCUT2D eigenvalue weighted by Crippen LogP contribution is 2.45. The highest BCUT2D eigenvalue weighted by Gasteiger charge is 2.48. The van der Waals surface area contributed by atoms with Gasteiger partial charge in [0.1, 0.15) is 0 Å². The van der Waals surface area contributed by atoms with Gasteiger partial charge in [-0.25, -0.2) is 0 Å². The van der Waals surface area contributed by atoms with E-state index in [1.165, 1.54) is 12.1 Å². The van der Waals surface area contributed by atoms with Crippen LogP contribution in [0.2, 0.25) is 5.02 Å². The van der Waals surface area contributed by atoms with E-state index in [2.05, 4.69) is 5.32 Å². The molecule has 0 heterocycles. The minimum Gasteiger partial charge on any atom is -0.392 e. The fraction of sp³-hybridized carbons (Fsp3) is 0.538. The highest BCUT2D eigenvalue weighted by atomic mass is 35.5. The summed E-state index contributed by atoms with van der Waals surface area (Å²) >= 11 is 5.87. The van der Waals surface area contributed by atoms with Gasteiger partial charge in [-0.2, -0.15) is 13.2 Å². The lowest BCUT2D eigenvalue weighted by Gasteiger charge is -2.50. The molecule has 0 bridgehead atoms. The van der Waals surface area contributed by atoms with E-state index in [0.717, 1.165) is 6.07 Å². The summed E-state index contributed by atoms with van der Waals surface area (Å²) in [5.41, 5.74) is -1.36. The third-order valence-corrected chi connectivity index (χ3v) is 4.17. The van der Waals surface area contributed by atoms with Gasteiger partial charge in [0.25, 0.3) is 0 Å². The number of hydrogen-bond donors (Lipinski definition) is 2. The predicted octanol–water partition coefficient (Wildman–Crippen LogP) is 3.93. The smallest absolute Gasteiger partial charge is 0.392 e. The van der Waals surface area contributed by atoms with Crippen molar-refractivity contribution < 1.29 is 18.3 Å². The van der Waals surface area contributed by atoms with E-state index in [-0.39, 0.29) is 16.8 Å². The molecule has 1 aromatic carbocycles. The number of anilines is 1. The van der Waals surface area contributed by atoms with Crippen molar-refractivity contribution in [1.82, 2.24) is 0 Å². The van der Waals surface area contributed by atoms with E-state index in [4.69, 9.17) is 11.6 Å². The van der Waals surface area contributed by atoms with Crippen LogP contribution in [0.25, 0.3) is 0 Å². The fourth-order valence-electron chi connectivity index (χ4n) is 2.23. The second-order valence-electron chi connectivity index (χ2n) is 5.43. The first kappa shape index (κ1) is 14.5. The number of benzene rings is 1. The molecule has 0 aromatic heterocycles. The molecule has 2 atom stereocenters. The number of rotatable bonds is 2. The van der Waals surface area contributed by atoms with Crippen LogP contribution in [-0.4, -0.2) is 17.3 Å². The lowest BCUT2D eigenvalue weighted by molar-refractivity contribution is -0.137. The molecule has 0 spiro atoms. The zero-order chi connectivity index (χ0) is 14.4. The summed E-state index contributed by atoms with van der Waals surface area (Å²) in [6.45, 7) is 3.62. The van der Waals surface area contributed by atoms with Gasteiger partial charge in [-0.1, -0.05) is 31.5 Å². The molecule has 2 nitrogen and oxygen atoms in total. The first-order valence-electron chi connectivity index (χ1n) is 5.94. The van der Waals surface area contributed by atoms with Crippen LogP contribution < -0.4 is 5.32 Å². The number of nitrogens with one attached hydrogen (secondary N) is 1. The van der Waals surface area contributed by atoms with E-state index < -0.39 is 23.3 Å². The maximum atomic E-state index is 12.9. The number of hydrogen-bond acceptors (Lipinski definition) is 2. The second kappa shape index (κ2) is 4.56. The van der Waals surface area contributed by atoms with Crippen molar-refractivity contribution in [2.24, 2.45) is 5.41 Å². The number of halogens is 4. The number of para-hydroxylation sites is 1. The maximum Gasteiger partial charge on any atom is 0.418 e. The molecule has 0 amide bonds. The summed E-state index contributed by atoms with van der Waals surface area (Å²) in [6, 6.07) is 3.46. The van der Waals surface area contributed by atoms with Crippen molar-refractivity contribution in [2.45, 2.75) is 38.6 Å². The second-order valence-corrected chi connectivity index (χ2v) is 5.84. The predicted molar refractivity (Wildman–Crippen MR) is 68.3 cm³/mol. The Morgan fingerprint density at radius 3 is 2.47 bits per heavy atom. The van der Waals surface area contributed by atoms with Crippen LogP contribution in [0.4, 0.5) is 18.9 Å². The molecule has 1 aliphatic rings. The average Bonchev–Trinajstić information content (AvgIpc) is 2.29. The van der Waals surface area contributed by atoms with E-state index in [0.29, 0.717) is 6.42 Å². The van der Waals surface area contributed by atoms with Crippen LogP contribution in [0.1, 0.15) is 25.8 Å². The number of alkyl halides is 3. The Morgan fingerprint density at radius 2 is 2.00 bits per heavy atom. The molecular weight excluding hydrogens is 279 g/mol. The summed E-state index contributed by atoms with van der Waals surface area (Å²) < 4.78 is 38.8. The van der Waals surface area contributed by atoms with Crippen LogP contribution in [0.15, 0.2) is 18.2 Å². The lowest BCUT2D eigenvalue weighted by atomic mass is 9.64. The standard InChI is InChI=1S/C13H15ClF3NO/c1-12(2)9(6-10(12)19)18-11-7(13(15,16)17)4-3-5-8(11)14/h3-5,9-10,18-19H,6H2,1-2H3. The Labute approximate surface area is 114 Å². The van der Waals surface area contributed by atoms with E-state index in [1.54, 1.807) is 0 Å². The quantitative estimate of drug-likeness (QED) is 0.866. The largest absolute Gasteiger partial charge is 0.418 e. The molecule has 0 aliphatic heterocycles. The molecule has 2 N–H and O–H groups in total. The minimum atomic E-state index is -4.46. The van der Waals surface area contributed by atoms with Gasteiger partial charge in [0.05, 0.1) is 22.4 Å². The normalized spacial score (nSPS) is 25.8. The SMILES string of the molecule is CC1(C)C(O)CC1Nc1c(Cl)cccc1C(F)(F)F. The van der Waals surface area contributed by atoms with Crippen molar-refractivity contribution in [3.8, 4) is 0 Å². The Hall–Kier alpha value is -0.940. The van der Waals surface area contributed by atoms with Crippen LogP contribution >= 0.6 is 11.6 Å². The molecule has 1 aromatic rings. The molecule has 1 aliphatic carbocycles. The van der Waals surface area contributed by atoms with Crippen LogP contribution in [0.5, 0.6) is 0 Å². The Morgan fingerprint density at radius 1 is 1.37 bits per heavy atom. The summed E-state index contributed by atoms with van der Waals surface area (Å²) in [5.74, 6) is 0. The van der Waals surface area contributed by atoms with Crippen molar-refractivity contribution >= 4 is 17.3 Å². The van der Waals surface area contributed by atoms with Gasteiger partial charge in [0.15, 0.2) is 0 Å². The molecule has 1 saturated carbocycles. The fourth-order valence-corrected chi connectivity index (χ4v) is 2.46. The van der Waals surface area contributed by atoms with Gasteiger partial charge in [-0.15, -0.1) is 0 Å². The van der Waals surface area contributed by atoms with Crippen molar-refractivity contribution in [1.29, 1.82) is 0 Å². The van der Waals surface area contributed by atoms with Crippen LogP contribution in [-0.2, 0) is 6.18 Å². The molecule has 1 fully saturated rings. The first-order chi connectivity index (χ1) is 8.64. The van der Waals surface area contributed by atoms with Gasteiger partial charge < -0.3 is 10.4 Å². The zero-order valence-corrected chi connectivity index (χ0v) is 11.3. The first-order valence-corrected chi connectivity index (χ1v) is 6.32. The third kappa shape index (κ3) is 2.54. The van der Waals surface area contributed by atoms with E-state index in [1.807, 2.05) is 13.8 Å². The summed E-state index contributed by atoms with van der Waals surface area (Å²) in [7, 11) is 0. The Kier molecular flexibility index (Phi) is 3.47. The molecule has 6 heteroatoms. The molecule has 2 unspecified atom stereocenters. The summed E-state index contributed by atoms with van der Waals surface area (Å²) in [5, 5.41) is 12.5. The van der Waals surface area contributed by atoms with Gasteiger partial charge in [-0.3, -0.25) is 0 Å². The summed E-state index contributed by atoms with van der Waals surface area (Å²) in [6.07, 6.45) is -4.56. The monoisotopic (exact) mass is 293 g/mol. The van der Waals surface area contributed by atoms with Gasteiger partial charge in [-0.05, 0) is 18.6 Å². The molecular formula is C13H15ClF3NO. The third-order valence-electron chi connectivity index (χ3n) is 3.85. The molecule has 0 radical (unpaired) electrons. The Balaban J connectivity index is 2.31. The van der Waals surface area contributed by atoms with Crippen molar-refractivity contribution in [3.05, 3.63) is 28.8 Å². The number of aliphatic hydroxyl groups excluding tert-OH is 1. The maximum absolute atomic E-state index is 12.9. The summed E-state index contributed by atoms with van der Waals surface area (Å²) in [4.78, 5) is 0. The molecule has 2 rings (SSSR count). The topological polar surface area (TPSA) is 32.3 Å². The molecule has 0 saturated heterocycles. The van der Waals surface area contributed by atoms with Crippen molar-refractivity contribution in [2.75, 3.05) is 5.32 Å². The lowest BCUT2D eigenvalue weighted by Crippen LogP contribution is -2.57. The number of aliphatic hydroxyl groups is 1. The van der Waals surface area contributed by atoms with Crippen LogP contribution in [0.3, 0.4) is 0 Å². The van der Waals surface area contributed by atoms with Gasteiger partial charge in [0.2, 0.25) is 0 Å².